The maximum absolute atomic E-state index is 13.0. The number of benzene rings is 4. The summed E-state index contributed by atoms with van der Waals surface area (Å²) in [5, 5.41) is 37.9. The molecule has 41 heavy (non-hydrogen) atoms. The zero-order valence-corrected chi connectivity index (χ0v) is 21.1. The molecule has 0 bridgehead atoms. The predicted molar refractivity (Wildman–Crippen MR) is 142 cm³/mol. The van der Waals surface area contributed by atoms with Crippen LogP contribution >= 0.6 is 0 Å². The molecule has 0 unspecified atom stereocenters. The molecule has 0 spiro atoms. The van der Waals surface area contributed by atoms with E-state index in [2.05, 4.69) is 0 Å². The topological polar surface area (TPSA) is 177 Å². The van der Waals surface area contributed by atoms with E-state index in [1.54, 1.807) is 24.3 Å². The van der Waals surface area contributed by atoms with Crippen molar-refractivity contribution in [2.24, 2.45) is 0 Å². The quantitative estimate of drug-likeness (QED) is 0.114. The molecule has 0 amide bonds. The van der Waals surface area contributed by atoms with Crippen LogP contribution in [0.25, 0.3) is 0 Å². The van der Waals surface area contributed by atoms with Crippen LogP contribution in [-0.2, 0) is 6.42 Å². The van der Waals surface area contributed by atoms with Crippen molar-refractivity contribution >= 4 is 23.9 Å². The maximum atomic E-state index is 13.0. The van der Waals surface area contributed by atoms with Gasteiger partial charge in [-0.3, -0.25) is 0 Å². The van der Waals surface area contributed by atoms with Crippen LogP contribution in [-0.4, -0.2) is 51.1 Å². The van der Waals surface area contributed by atoms with Crippen LogP contribution in [0.15, 0.2) is 84.9 Å². The Labute approximate surface area is 232 Å². The molecule has 0 saturated heterocycles. The summed E-state index contributed by atoms with van der Waals surface area (Å²) >= 11 is 0. The van der Waals surface area contributed by atoms with Crippen molar-refractivity contribution < 1.29 is 53.8 Å². The molecular formula is C30H22O11. The second-order valence-electron chi connectivity index (χ2n) is 8.56. The lowest BCUT2D eigenvalue weighted by Crippen LogP contribution is -2.15. The molecule has 0 fully saturated rings. The Morgan fingerprint density at radius 3 is 1.68 bits per heavy atom. The van der Waals surface area contributed by atoms with E-state index in [1.807, 2.05) is 0 Å². The third-order valence-corrected chi connectivity index (χ3v) is 5.83. The van der Waals surface area contributed by atoms with E-state index < -0.39 is 36.4 Å². The highest BCUT2D eigenvalue weighted by molar-refractivity contribution is 5.97. The van der Waals surface area contributed by atoms with Gasteiger partial charge in [-0.2, -0.15) is 0 Å². The minimum Gasteiger partial charge on any atom is -0.507 e. The number of carboxylic acid groups (broad SMARTS) is 3. The van der Waals surface area contributed by atoms with Crippen LogP contribution < -0.4 is 14.2 Å². The molecular weight excluding hydrogens is 536 g/mol. The fourth-order valence-corrected chi connectivity index (χ4v) is 3.88. The maximum Gasteiger partial charge on any atom is 0.347 e. The summed E-state index contributed by atoms with van der Waals surface area (Å²) in [5.41, 5.74) is 0.311. The highest BCUT2D eigenvalue weighted by Gasteiger charge is 2.20. The summed E-state index contributed by atoms with van der Waals surface area (Å²) in [6, 6.07) is 20.1. The smallest absolute Gasteiger partial charge is 0.347 e. The molecule has 11 nitrogen and oxygen atoms in total. The molecule has 0 aliphatic carbocycles. The van der Waals surface area contributed by atoms with Gasteiger partial charge in [0.25, 0.3) is 0 Å². The zero-order valence-electron chi connectivity index (χ0n) is 21.1. The van der Waals surface area contributed by atoms with Gasteiger partial charge < -0.3 is 34.6 Å². The standard InChI is InChI=1S/C30H22O11/c31-23-11-9-17(14-21(23)28(34)35)13-18-10-12-26(22(15-18)29(36)37)41-30(38)20-6-2-4-8-25(20)40-16-39-24-7-3-1-5-19(24)27(32)33/h1-12,14-15,31H,13,16H2,(H,32,33)(H,34,35)(H,36,37). The molecule has 0 atom stereocenters. The third kappa shape index (κ3) is 6.79. The summed E-state index contributed by atoms with van der Waals surface area (Å²) in [5.74, 6) is -5.26. The van der Waals surface area contributed by atoms with Crippen LogP contribution in [0.4, 0.5) is 0 Å². The molecule has 0 aromatic heterocycles. The Morgan fingerprint density at radius 1 is 0.561 bits per heavy atom. The molecule has 0 aliphatic rings. The van der Waals surface area contributed by atoms with Gasteiger partial charge in [0.2, 0.25) is 6.79 Å². The summed E-state index contributed by atoms with van der Waals surface area (Å²) in [6.07, 6.45) is 0.150. The van der Waals surface area contributed by atoms with Crippen LogP contribution in [0.5, 0.6) is 23.0 Å². The minimum absolute atomic E-state index is 0.0340. The van der Waals surface area contributed by atoms with Crippen molar-refractivity contribution in [3.63, 3.8) is 0 Å². The first kappa shape index (κ1) is 28.2. The van der Waals surface area contributed by atoms with Gasteiger partial charge in [-0.1, -0.05) is 36.4 Å². The number of para-hydroxylation sites is 2. The van der Waals surface area contributed by atoms with Crippen LogP contribution in [0.1, 0.15) is 52.6 Å². The molecule has 0 saturated carbocycles. The van der Waals surface area contributed by atoms with E-state index in [4.69, 9.17) is 14.2 Å². The van der Waals surface area contributed by atoms with E-state index in [9.17, 15) is 39.6 Å². The summed E-state index contributed by atoms with van der Waals surface area (Å²) in [7, 11) is 0. The average Bonchev–Trinajstić information content (AvgIpc) is 2.95. The van der Waals surface area contributed by atoms with Gasteiger partial charge in [-0.25, -0.2) is 19.2 Å². The highest BCUT2D eigenvalue weighted by Crippen LogP contribution is 2.27. The molecule has 0 radical (unpaired) electrons. The van der Waals surface area contributed by atoms with E-state index in [1.165, 1.54) is 60.7 Å². The fraction of sp³-hybridized carbons (Fsp3) is 0.0667. The average molecular weight is 558 g/mol. The summed E-state index contributed by atoms with van der Waals surface area (Å²) in [4.78, 5) is 47.6. The van der Waals surface area contributed by atoms with Crippen molar-refractivity contribution in [1.82, 2.24) is 0 Å². The number of phenols is 1. The Kier molecular flexibility index (Phi) is 8.48. The highest BCUT2D eigenvalue weighted by atomic mass is 16.7. The van der Waals surface area contributed by atoms with Gasteiger partial charge in [-0.15, -0.1) is 0 Å². The Balaban J connectivity index is 1.50. The van der Waals surface area contributed by atoms with Gasteiger partial charge in [0.15, 0.2) is 0 Å². The molecule has 4 aromatic carbocycles. The van der Waals surface area contributed by atoms with E-state index in [-0.39, 0.29) is 45.9 Å². The number of esters is 1. The fourth-order valence-electron chi connectivity index (χ4n) is 3.88. The summed E-state index contributed by atoms with van der Waals surface area (Å²) in [6.45, 7) is -0.426. The number of aromatic hydroxyl groups is 1. The second-order valence-corrected chi connectivity index (χ2v) is 8.56. The lowest BCUT2D eigenvalue weighted by atomic mass is 10.00. The Morgan fingerprint density at radius 2 is 1.07 bits per heavy atom. The van der Waals surface area contributed by atoms with Gasteiger partial charge in [-0.05, 0) is 66.1 Å². The molecule has 0 aliphatic heterocycles. The predicted octanol–water partition coefficient (Wildman–Crippen LogP) is 4.71. The Bertz CT molecular complexity index is 1640. The van der Waals surface area contributed by atoms with E-state index in [0.29, 0.717) is 11.1 Å². The monoisotopic (exact) mass is 558 g/mol. The van der Waals surface area contributed by atoms with Gasteiger partial charge >= 0.3 is 23.9 Å². The number of rotatable bonds is 11. The van der Waals surface area contributed by atoms with Crippen molar-refractivity contribution in [2.45, 2.75) is 6.42 Å². The number of carbonyl (C=O) groups excluding carboxylic acids is 1. The van der Waals surface area contributed by atoms with Gasteiger partial charge in [0, 0.05) is 0 Å². The van der Waals surface area contributed by atoms with Crippen molar-refractivity contribution in [1.29, 1.82) is 0 Å². The first-order valence-corrected chi connectivity index (χ1v) is 11.9. The van der Waals surface area contributed by atoms with Crippen LogP contribution in [0.3, 0.4) is 0 Å². The number of carbonyl (C=O) groups is 4. The van der Waals surface area contributed by atoms with Crippen molar-refractivity contribution in [2.75, 3.05) is 6.79 Å². The largest absolute Gasteiger partial charge is 0.507 e. The number of hydrogen-bond acceptors (Lipinski definition) is 8. The minimum atomic E-state index is -1.36. The molecule has 4 aromatic rings. The number of hydrogen-bond donors (Lipinski definition) is 4. The van der Waals surface area contributed by atoms with E-state index >= 15 is 0 Å². The lowest BCUT2D eigenvalue weighted by Gasteiger charge is -2.14. The SMILES string of the molecule is O=C(O)c1cc(Cc2ccc(OC(=O)c3ccccc3OCOc3ccccc3C(=O)O)c(C(=O)O)c2)ccc1O. The number of aromatic carboxylic acids is 3. The van der Waals surface area contributed by atoms with Gasteiger partial charge in [0.05, 0.1) is 0 Å². The molecule has 11 heteroatoms. The second kappa shape index (κ2) is 12.3. The van der Waals surface area contributed by atoms with Crippen LogP contribution in [0.2, 0.25) is 0 Å². The van der Waals surface area contributed by atoms with Gasteiger partial charge in [0.1, 0.15) is 45.3 Å². The molecule has 208 valence electrons. The van der Waals surface area contributed by atoms with Crippen molar-refractivity contribution in [3.05, 3.63) is 118 Å². The Hall–Kier alpha value is -5.84. The van der Waals surface area contributed by atoms with Crippen LogP contribution in [0, 0.1) is 0 Å². The van der Waals surface area contributed by atoms with E-state index in [0.717, 1.165) is 0 Å². The first-order valence-electron chi connectivity index (χ1n) is 11.9. The molecule has 4 N–H and O–H groups in total. The van der Waals surface area contributed by atoms with Crippen molar-refractivity contribution in [3.8, 4) is 23.0 Å². The number of carboxylic acids is 3. The molecule has 4 rings (SSSR count). The summed E-state index contributed by atoms with van der Waals surface area (Å²) < 4.78 is 16.3. The lowest BCUT2D eigenvalue weighted by molar-refractivity contribution is 0.0669. The first-order chi connectivity index (χ1) is 19.6. The zero-order chi connectivity index (χ0) is 29.5. The molecule has 0 heterocycles. The number of ether oxygens (including phenoxy) is 3. The third-order valence-electron chi connectivity index (χ3n) is 5.83. The normalized spacial score (nSPS) is 10.4.